The molecule has 1 saturated carbocycles. The standard InChI is InChI=1S/C18H21N5O3/c24-15(20-13-5-6-14-12(10-13)11-19-22-14)4-3-9-23-16(25)18(21-17(23)26)7-1-2-8-18/h5-6,10-11H,1-4,7-9H2,(H,19,22)(H,20,24)(H,21,26). The van der Waals surface area contributed by atoms with Crippen molar-refractivity contribution in [3.05, 3.63) is 24.4 Å². The van der Waals surface area contributed by atoms with Crippen LogP contribution in [0.15, 0.2) is 24.4 Å². The lowest BCUT2D eigenvalue weighted by atomic mass is 9.98. The van der Waals surface area contributed by atoms with Crippen LogP contribution in [0, 0.1) is 0 Å². The number of hydrogen-bond donors (Lipinski definition) is 3. The molecule has 2 heterocycles. The van der Waals surface area contributed by atoms with E-state index in [1.165, 1.54) is 4.90 Å². The molecule has 3 N–H and O–H groups in total. The van der Waals surface area contributed by atoms with Crippen LogP contribution in [0.3, 0.4) is 0 Å². The van der Waals surface area contributed by atoms with Gasteiger partial charge in [0.05, 0.1) is 11.7 Å². The Morgan fingerprint density at radius 3 is 2.88 bits per heavy atom. The highest BCUT2D eigenvalue weighted by atomic mass is 16.2. The molecule has 8 heteroatoms. The summed E-state index contributed by atoms with van der Waals surface area (Å²) in [7, 11) is 0. The molecule has 1 saturated heterocycles. The second-order valence-electron chi connectivity index (χ2n) is 7.00. The van der Waals surface area contributed by atoms with Crippen molar-refractivity contribution < 1.29 is 14.4 Å². The molecule has 2 aliphatic rings. The summed E-state index contributed by atoms with van der Waals surface area (Å²) < 4.78 is 0. The molecule has 1 aromatic heterocycles. The van der Waals surface area contributed by atoms with Gasteiger partial charge in [-0.3, -0.25) is 19.6 Å². The largest absolute Gasteiger partial charge is 0.326 e. The Kier molecular flexibility index (Phi) is 4.10. The van der Waals surface area contributed by atoms with Crippen LogP contribution in [-0.2, 0) is 9.59 Å². The first-order valence-electron chi connectivity index (χ1n) is 8.94. The van der Waals surface area contributed by atoms with Crippen LogP contribution < -0.4 is 10.6 Å². The second-order valence-corrected chi connectivity index (χ2v) is 7.00. The third-order valence-corrected chi connectivity index (χ3v) is 5.21. The van der Waals surface area contributed by atoms with E-state index in [0.29, 0.717) is 24.9 Å². The maximum atomic E-state index is 12.5. The van der Waals surface area contributed by atoms with E-state index in [1.807, 2.05) is 12.1 Å². The molecule has 0 atom stereocenters. The Balaban J connectivity index is 1.29. The number of imide groups is 1. The summed E-state index contributed by atoms with van der Waals surface area (Å²) in [5, 5.41) is 13.4. The summed E-state index contributed by atoms with van der Waals surface area (Å²) in [6, 6.07) is 5.17. The minimum absolute atomic E-state index is 0.134. The van der Waals surface area contributed by atoms with Gasteiger partial charge >= 0.3 is 6.03 Å². The fourth-order valence-electron chi connectivity index (χ4n) is 3.84. The molecule has 8 nitrogen and oxygen atoms in total. The van der Waals surface area contributed by atoms with Crippen molar-refractivity contribution in [1.82, 2.24) is 20.4 Å². The average Bonchev–Trinajstić information content (AvgIpc) is 3.31. The number of carbonyl (C=O) groups is 3. The minimum Gasteiger partial charge on any atom is -0.326 e. The first kappa shape index (κ1) is 16.6. The minimum atomic E-state index is -0.681. The molecule has 4 amide bonds. The summed E-state index contributed by atoms with van der Waals surface area (Å²) in [6.45, 7) is 0.264. The zero-order chi connectivity index (χ0) is 18.1. The van der Waals surface area contributed by atoms with Gasteiger partial charge in [0.2, 0.25) is 5.91 Å². The molecule has 1 aromatic carbocycles. The summed E-state index contributed by atoms with van der Waals surface area (Å²) in [5.74, 6) is -0.277. The van der Waals surface area contributed by atoms with Gasteiger partial charge in [0, 0.05) is 24.0 Å². The van der Waals surface area contributed by atoms with E-state index in [-0.39, 0.29) is 30.8 Å². The fraction of sp³-hybridized carbons (Fsp3) is 0.444. The van der Waals surface area contributed by atoms with Gasteiger partial charge in [-0.1, -0.05) is 12.8 Å². The van der Waals surface area contributed by atoms with E-state index in [0.717, 1.165) is 23.7 Å². The molecule has 1 spiro atoms. The van der Waals surface area contributed by atoms with E-state index in [9.17, 15) is 14.4 Å². The molecule has 0 unspecified atom stereocenters. The molecule has 0 bridgehead atoms. The quantitative estimate of drug-likeness (QED) is 0.714. The number of nitrogens with one attached hydrogen (secondary N) is 3. The number of aromatic nitrogens is 2. The molecule has 4 rings (SSSR count). The first-order valence-corrected chi connectivity index (χ1v) is 8.94. The highest BCUT2D eigenvalue weighted by molar-refractivity contribution is 6.07. The van der Waals surface area contributed by atoms with E-state index in [2.05, 4.69) is 20.8 Å². The molecule has 1 aliphatic carbocycles. The Hall–Kier alpha value is -2.90. The van der Waals surface area contributed by atoms with Crippen LogP contribution >= 0.6 is 0 Å². The van der Waals surface area contributed by atoms with Crippen molar-refractivity contribution in [1.29, 1.82) is 0 Å². The normalized spacial score (nSPS) is 18.7. The number of carbonyl (C=O) groups excluding carboxylic acids is 3. The Bertz CT molecular complexity index is 869. The third-order valence-electron chi connectivity index (χ3n) is 5.21. The maximum absolute atomic E-state index is 12.5. The number of benzene rings is 1. The Morgan fingerprint density at radius 1 is 1.27 bits per heavy atom. The molecule has 2 fully saturated rings. The number of anilines is 1. The van der Waals surface area contributed by atoms with E-state index in [1.54, 1.807) is 12.3 Å². The maximum Gasteiger partial charge on any atom is 0.325 e. The van der Waals surface area contributed by atoms with Crippen LogP contribution in [0.4, 0.5) is 10.5 Å². The molecule has 1 aliphatic heterocycles. The molecular formula is C18H21N5O3. The van der Waals surface area contributed by atoms with Crippen molar-refractivity contribution >= 4 is 34.4 Å². The van der Waals surface area contributed by atoms with Crippen molar-refractivity contribution in [2.45, 2.75) is 44.1 Å². The monoisotopic (exact) mass is 355 g/mol. The molecule has 2 aromatic rings. The van der Waals surface area contributed by atoms with E-state index in [4.69, 9.17) is 0 Å². The van der Waals surface area contributed by atoms with Gasteiger partial charge in [-0.15, -0.1) is 0 Å². The number of rotatable bonds is 5. The van der Waals surface area contributed by atoms with Gasteiger partial charge in [-0.2, -0.15) is 5.10 Å². The first-order chi connectivity index (χ1) is 12.6. The van der Waals surface area contributed by atoms with Crippen LogP contribution in [0.5, 0.6) is 0 Å². The summed E-state index contributed by atoms with van der Waals surface area (Å²) in [6.07, 6.45) is 5.73. The molecule has 136 valence electrons. The lowest BCUT2D eigenvalue weighted by Crippen LogP contribution is -2.44. The van der Waals surface area contributed by atoms with Gasteiger partial charge in [0.15, 0.2) is 0 Å². The number of hydrogen-bond acceptors (Lipinski definition) is 4. The number of aromatic amines is 1. The highest BCUT2D eigenvalue weighted by Gasteiger charge is 2.51. The van der Waals surface area contributed by atoms with Crippen LogP contribution in [0.1, 0.15) is 38.5 Å². The van der Waals surface area contributed by atoms with Crippen LogP contribution in [0.25, 0.3) is 10.9 Å². The average molecular weight is 355 g/mol. The van der Waals surface area contributed by atoms with Crippen molar-refractivity contribution in [3.63, 3.8) is 0 Å². The molecular weight excluding hydrogens is 334 g/mol. The van der Waals surface area contributed by atoms with Gasteiger partial charge in [-0.25, -0.2) is 4.79 Å². The van der Waals surface area contributed by atoms with Crippen LogP contribution in [0.2, 0.25) is 0 Å². The number of amides is 4. The lowest BCUT2D eigenvalue weighted by Gasteiger charge is -2.19. The van der Waals surface area contributed by atoms with Crippen LogP contribution in [-0.4, -0.2) is 45.0 Å². The predicted octanol–water partition coefficient (Wildman–Crippen LogP) is 2.15. The van der Waals surface area contributed by atoms with Crippen molar-refractivity contribution in [2.24, 2.45) is 0 Å². The topological polar surface area (TPSA) is 107 Å². The smallest absolute Gasteiger partial charge is 0.325 e. The predicted molar refractivity (Wildman–Crippen MR) is 95.4 cm³/mol. The van der Waals surface area contributed by atoms with Crippen molar-refractivity contribution in [2.75, 3.05) is 11.9 Å². The number of urea groups is 1. The summed E-state index contributed by atoms with van der Waals surface area (Å²) in [5.41, 5.74) is 0.922. The molecule has 26 heavy (non-hydrogen) atoms. The highest BCUT2D eigenvalue weighted by Crippen LogP contribution is 2.35. The lowest BCUT2D eigenvalue weighted by molar-refractivity contribution is -0.131. The zero-order valence-corrected chi connectivity index (χ0v) is 14.4. The molecule has 0 radical (unpaired) electrons. The zero-order valence-electron chi connectivity index (χ0n) is 14.4. The number of nitrogens with zero attached hydrogens (tertiary/aromatic N) is 2. The number of H-pyrrole nitrogens is 1. The summed E-state index contributed by atoms with van der Waals surface area (Å²) >= 11 is 0. The van der Waals surface area contributed by atoms with E-state index >= 15 is 0 Å². The Labute approximate surface area is 150 Å². The van der Waals surface area contributed by atoms with Gasteiger partial charge in [0.1, 0.15) is 5.54 Å². The third kappa shape index (κ3) is 2.91. The summed E-state index contributed by atoms with van der Waals surface area (Å²) in [4.78, 5) is 38.0. The van der Waals surface area contributed by atoms with Crippen molar-refractivity contribution in [3.8, 4) is 0 Å². The van der Waals surface area contributed by atoms with Gasteiger partial charge in [0.25, 0.3) is 5.91 Å². The van der Waals surface area contributed by atoms with Gasteiger partial charge < -0.3 is 10.6 Å². The SMILES string of the molecule is O=C(CCCN1C(=O)NC2(CCCC2)C1=O)Nc1ccc2[nH]ncc2c1. The Morgan fingerprint density at radius 2 is 2.08 bits per heavy atom. The number of fused-ring (bicyclic) bond motifs is 1. The second kappa shape index (κ2) is 6.44. The van der Waals surface area contributed by atoms with Gasteiger partial charge in [-0.05, 0) is 37.5 Å². The fourth-order valence-corrected chi connectivity index (χ4v) is 3.84. The van der Waals surface area contributed by atoms with E-state index < -0.39 is 5.54 Å².